The third-order valence-electron chi connectivity index (χ3n) is 6.04. The summed E-state index contributed by atoms with van der Waals surface area (Å²) in [5.74, 6) is 0.795. The third kappa shape index (κ3) is 10.8. The Balaban J connectivity index is 1.18. The molecule has 0 saturated heterocycles. The SMILES string of the molecule is Cc1ccc(CNc2nc(NCCOCCOCCNC(=O)c3ccccc3)nc(NCc3ccc(F)cc3)n2)cc1. The number of amides is 1. The first-order valence-electron chi connectivity index (χ1n) is 13.8. The van der Waals surface area contributed by atoms with E-state index in [4.69, 9.17) is 9.47 Å². The number of ether oxygens (including phenoxy) is 2. The minimum Gasteiger partial charge on any atom is -0.377 e. The molecule has 0 unspecified atom stereocenters. The number of nitrogens with zero attached hydrogens (tertiary/aromatic N) is 3. The molecule has 0 saturated carbocycles. The molecule has 0 spiro atoms. The summed E-state index contributed by atoms with van der Waals surface area (Å²) in [6.45, 7) is 5.59. The first kappa shape index (κ1) is 30.4. The predicted octanol–water partition coefficient (Wildman–Crippen LogP) is 4.42. The van der Waals surface area contributed by atoms with Crippen molar-refractivity contribution < 1.29 is 18.7 Å². The first-order chi connectivity index (χ1) is 20.5. The van der Waals surface area contributed by atoms with E-state index in [0.717, 1.165) is 11.1 Å². The van der Waals surface area contributed by atoms with E-state index < -0.39 is 0 Å². The quantitative estimate of drug-likeness (QED) is 0.136. The molecule has 4 rings (SSSR count). The van der Waals surface area contributed by atoms with Crippen LogP contribution in [0.4, 0.5) is 22.2 Å². The maximum Gasteiger partial charge on any atom is 0.251 e. The van der Waals surface area contributed by atoms with Crippen molar-refractivity contribution in [2.24, 2.45) is 0 Å². The maximum absolute atomic E-state index is 13.2. The fraction of sp³-hybridized carbons (Fsp3) is 0.290. The molecule has 10 nitrogen and oxygen atoms in total. The van der Waals surface area contributed by atoms with Crippen molar-refractivity contribution in [2.45, 2.75) is 20.0 Å². The van der Waals surface area contributed by atoms with Crippen LogP contribution in [0.25, 0.3) is 0 Å². The van der Waals surface area contributed by atoms with Gasteiger partial charge in [-0.1, -0.05) is 60.2 Å². The summed E-state index contributed by atoms with van der Waals surface area (Å²) in [7, 11) is 0. The molecule has 220 valence electrons. The van der Waals surface area contributed by atoms with Crippen molar-refractivity contribution in [3.63, 3.8) is 0 Å². The Morgan fingerprint density at radius 1 is 0.667 bits per heavy atom. The highest BCUT2D eigenvalue weighted by Crippen LogP contribution is 2.13. The zero-order valence-electron chi connectivity index (χ0n) is 23.6. The molecule has 4 aromatic rings. The monoisotopic (exact) mass is 573 g/mol. The van der Waals surface area contributed by atoms with Crippen LogP contribution in [0.2, 0.25) is 0 Å². The van der Waals surface area contributed by atoms with Crippen LogP contribution in [0.1, 0.15) is 27.0 Å². The van der Waals surface area contributed by atoms with Crippen molar-refractivity contribution in [1.29, 1.82) is 0 Å². The third-order valence-corrected chi connectivity index (χ3v) is 6.04. The van der Waals surface area contributed by atoms with Gasteiger partial charge in [-0.2, -0.15) is 15.0 Å². The van der Waals surface area contributed by atoms with Crippen LogP contribution in [0.5, 0.6) is 0 Å². The molecule has 0 aliphatic heterocycles. The number of benzene rings is 3. The number of hydrogen-bond donors (Lipinski definition) is 4. The Bertz CT molecular complexity index is 1310. The van der Waals surface area contributed by atoms with Gasteiger partial charge in [0.1, 0.15) is 5.82 Å². The first-order valence-corrected chi connectivity index (χ1v) is 13.8. The Morgan fingerprint density at radius 2 is 1.19 bits per heavy atom. The molecule has 1 aromatic heterocycles. The second-order valence-corrected chi connectivity index (χ2v) is 9.40. The second kappa shape index (κ2) is 16.6. The lowest BCUT2D eigenvalue weighted by Crippen LogP contribution is -2.27. The summed E-state index contributed by atoms with van der Waals surface area (Å²) in [6.07, 6.45) is 0. The Kier molecular flexibility index (Phi) is 12.0. The van der Waals surface area contributed by atoms with Gasteiger partial charge in [-0.25, -0.2) is 4.39 Å². The highest BCUT2D eigenvalue weighted by atomic mass is 19.1. The number of aromatic nitrogens is 3. The van der Waals surface area contributed by atoms with Crippen LogP contribution < -0.4 is 21.3 Å². The molecule has 1 heterocycles. The summed E-state index contributed by atoms with van der Waals surface area (Å²) >= 11 is 0. The molecule has 1 amide bonds. The molecule has 0 bridgehead atoms. The van der Waals surface area contributed by atoms with Crippen LogP contribution >= 0.6 is 0 Å². The highest BCUT2D eigenvalue weighted by molar-refractivity contribution is 5.94. The molecule has 42 heavy (non-hydrogen) atoms. The Labute approximate surface area is 245 Å². The number of halogens is 1. The van der Waals surface area contributed by atoms with E-state index in [1.54, 1.807) is 24.3 Å². The lowest BCUT2D eigenvalue weighted by atomic mass is 10.1. The van der Waals surface area contributed by atoms with Gasteiger partial charge in [0, 0.05) is 31.7 Å². The summed E-state index contributed by atoms with van der Waals surface area (Å²) in [6, 6.07) is 23.5. The second-order valence-electron chi connectivity index (χ2n) is 9.40. The van der Waals surface area contributed by atoms with Gasteiger partial charge in [0.2, 0.25) is 17.8 Å². The van der Waals surface area contributed by atoms with E-state index in [9.17, 15) is 9.18 Å². The number of anilines is 3. The smallest absolute Gasteiger partial charge is 0.251 e. The molecular weight excluding hydrogens is 537 g/mol. The van der Waals surface area contributed by atoms with Gasteiger partial charge in [-0.3, -0.25) is 4.79 Å². The van der Waals surface area contributed by atoms with Gasteiger partial charge < -0.3 is 30.7 Å². The number of hydrogen-bond acceptors (Lipinski definition) is 9. The summed E-state index contributed by atoms with van der Waals surface area (Å²) in [5.41, 5.74) is 3.82. The van der Waals surface area contributed by atoms with Crippen molar-refractivity contribution in [2.75, 3.05) is 55.5 Å². The van der Waals surface area contributed by atoms with Crippen LogP contribution in [0, 0.1) is 12.7 Å². The van der Waals surface area contributed by atoms with Crippen LogP contribution in [-0.4, -0.2) is 60.4 Å². The summed E-state index contributed by atoms with van der Waals surface area (Å²) in [4.78, 5) is 25.4. The number of rotatable bonds is 17. The number of carbonyl (C=O) groups is 1. The largest absolute Gasteiger partial charge is 0.377 e. The number of carbonyl (C=O) groups excluding carboxylic acids is 1. The van der Waals surface area contributed by atoms with Gasteiger partial charge in [0.05, 0.1) is 26.4 Å². The van der Waals surface area contributed by atoms with Crippen molar-refractivity contribution in [1.82, 2.24) is 20.3 Å². The number of aryl methyl sites for hydroxylation is 1. The van der Waals surface area contributed by atoms with E-state index in [2.05, 4.69) is 60.5 Å². The zero-order valence-corrected chi connectivity index (χ0v) is 23.6. The topological polar surface area (TPSA) is 122 Å². The van der Waals surface area contributed by atoms with Gasteiger partial charge in [0.15, 0.2) is 0 Å². The minimum atomic E-state index is -0.283. The average Bonchev–Trinajstić information content (AvgIpc) is 3.01. The fourth-order valence-electron chi connectivity index (χ4n) is 3.77. The predicted molar refractivity (Wildman–Crippen MR) is 161 cm³/mol. The van der Waals surface area contributed by atoms with Gasteiger partial charge in [0.25, 0.3) is 5.91 Å². The van der Waals surface area contributed by atoms with E-state index in [1.807, 2.05) is 25.1 Å². The van der Waals surface area contributed by atoms with E-state index in [0.29, 0.717) is 76.0 Å². The molecule has 0 aliphatic rings. The van der Waals surface area contributed by atoms with E-state index >= 15 is 0 Å². The zero-order chi connectivity index (χ0) is 29.4. The van der Waals surface area contributed by atoms with Gasteiger partial charge in [-0.05, 0) is 42.3 Å². The molecule has 3 aromatic carbocycles. The summed E-state index contributed by atoms with van der Waals surface area (Å²) < 4.78 is 24.4. The van der Waals surface area contributed by atoms with Gasteiger partial charge >= 0.3 is 0 Å². The lowest BCUT2D eigenvalue weighted by Gasteiger charge is -2.12. The maximum atomic E-state index is 13.2. The molecule has 0 atom stereocenters. The standard InChI is InChI=1S/C31H36FN7O3/c1-23-7-9-24(10-8-23)21-35-30-37-29(38-31(39-30)36-22-25-11-13-27(32)14-12-25)34-16-18-42-20-19-41-17-15-33-28(40)26-5-3-2-4-6-26/h2-14H,15-22H2,1H3,(H,33,40)(H3,34,35,36,37,38,39). The molecule has 0 aliphatic carbocycles. The normalized spacial score (nSPS) is 10.7. The summed E-state index contributed by atoms with van der Waals surface area (Å²) in [5, 5.41) is 12.4. The van der Waals surface area contributed by atoms with Crippen LogP contribution in [0.15, 0.2) is 78.9 Å². The molecule has 11 heteroatoms. The van der Waals surface area contributed by atoms with Gasteiger partial charge in [-0.15, -0.1) is 0 Å². The minimum absolute atomic E-state index is 0.123. The Hall–Kier alpha value is -4.61. The van der Waals surface area contributed by atoms with Crippen molar-refractivity contribution >= 4 is 23.8 Å². The average molecular weight is 574 g/mol. The molecule has 0 fully saturated rings. The fourth-order valence-corrected chi connectivity index (χ4v) is 3.77. The van der Waals surface area contributed by atoms with Crippen molar-refractivity contribution in [3.8, 4) is 0 Å². The van der Waals surface area contributed by atoms with Crippen LogP contribution in [-0.2, 0) is 22.6 Å². The van der Waals surface area contributed by atoms with Crippen LogP contribution in [0.3, 0.4) is 0 Å². The lowest BCUT2D eigenvalue weighted by molar-refractivity contribution is 0.0519. The number of nitrogens with one attached hydrogen (secondary N) is 4. The van der Waals surface area contributed by atoms with E-state index in [1.165, 1.54) is 17.7 Å². The van der Waals surface area contributed by atoms with Crippen molar-refractivity contribution in [3.05, 3.63) is 107 Å². The Morgan fingerprint density at radius 3 is 1.79 bits per heavy atom. The highest BCUT2D eigenvalue weighted by Gasteiger charge is 2.08. The molecular formula is C31H36FN7O3. The molecule has 0 radical (unpaired) electrons. The van der Waals surface area contributed by atoms with E-state index in [-0.39, 0.29) is 11.7 Å². The molecule has 4 N–H and O–H groups in total.